The fourth-order valence-corrected chi connectivity index (χ4v) is 3.73. The summed E-state index contributed by atoms with van der Waals surface area (Å²) in [5, 5.41) is 26.7. The standard InChI is InChI=1S/C18H24N4O2S/c1-10-21-22-18(25-10)20-17(23)13-5-12(6-14(7-13)24-2)15-8-16(15)19-9-11-3-4-11/h5-7,11,15-17,19,23H,3-4,8-9H2,1-2H3,(H,20,22). The molecule has 1 aromatic carbocycles. The lowest BCUT2D eigenvalue weighted by Crippen LogP contribution is -2.20. The maximum absolute atomic E-state index is 10.5. The second-order valence-corrected chi connectivity index (χ2v) is 8.19. The number of methoxy groups -OCH3 is 1. The van der Waals surface area contributed by atoms with Gasteiger partial charge >= 0.3 is 0 Å². The van der Waals surface area contributed by atoms with Crippen molar-refractivity contribution in [3.63, 3.8) is 0 Å². The molecule has 25 heavy (non-hydrogen) atoms. The Morgan fingerprint density at radius 3 is 2.84 bits per heavy atom. The first-order chi connectivity index (χ1) is 12.1. The van der Waals surface area contributed by atoms with Crippen LogP contribution in [0.5, 0.6) is 5.75 Å². The molecule has 1 aromatic heterocycles. The molecule has 6 nitrogen and oxygen atoms in total. The van der Waals surface area contributed by atoms with Gasteiger partial charge in [-0.15, -0.1) is 10.2 Å². The van der Waals surface area contributed by atoms with E-state index < -0.39 is 6.23 Å². The molecule has 0 amide bonds. The van der Waals surface area contributed by atoms with Crippen LogP contribution in [-0.2, 0) is 0 Å². The lowest BCUT2D eigenvalue weighted by atomic mass is 10.0. The molecule has 3 N–H and O–H groups in total. The first kappa shape index (κ1) is 16.8. The van der Waals surface area contributed by atoms with Crippen molar-refractivity contribution in [1.29, 1.82) is 0 Å². The number of nitrogens with zero attached hydrogens (tertiary/aromatic N) is 2. The second kappa shape index (κ2) is 6.90. The molecule has 2 aliphatic rings. The summed E-state index contributed by atoms with van der Waals surface area (Å²) in [5.41, 5.74) is 2.01. The number of ether oxygens (including phenoxy) is 1. The van der Waals surface area contributed by atoms with E-state index in [1.165, 1.54) is 29.7 Å². The molecule has 0 aliphatic heterocycles. The Morgan fingerprint density at radius 1 is 1.32 bits per heavy atom. The Balaban J connectivity index is 1.46. The fraction of sp³-hybridized carbons (Fsp3) is 0.556. The van der Waals surface area contributed by atoms with E-state index in [1.54, 1.807) is 7.11 Å². The molecule has 0 spiro atoms. The van der Waals surface area contributed by atoms with Gasteiger partial charge in [-0.1, -0.05) is 17.4 Å². The number of aryl methyl sites for hydroxylation is 1. The third-order valence-corrected chi connectivity index (χ3v) is 5.64. The Kier molecular flexibility index (Phi) is 4.62. The van der Waals surface area contributed by atoms with Crippen molar-refractivity contribution in [2.24, 2.45) is 5.92 Å². The monoisotopic (exact) mass is 360 g/mol. The zero-order valence-corrected chi connectivity index (χ0v) is 15.3. The van der Waals surface area contributed by atoms with Crippen LogP contribution in [0.1, 0.15) is 47.5 Å². The van der Waals surface area contributed by atoms with E-state index in [2.05, 4.69) is 33.0 Å². The van der Waals surface area contributed by atoms with Gasteiger partial charge in [0.1, 0.15) is 10.8 Å². The van der Waals surface area contributed by atoms with E-state index in [4.69, 9.17) is 4.74 Å². The van der Waals surface area contributed by atoms with Gasteiger partial charge in [0.05, 0.1) is 7.11 Å². The van der Waals surface area contributed by atoms with Crippen molar-refractivity contribution in [3.8, 4) is 5.75 Å². The first-order valence-electron chi connectivity index (χ1n) is 8.79. The van der Waals surface area contributed by atoms with Crippen LogP contribution in [0.25, 0.3) is 0 Å². The maximum Gasteiger partial charge on any atom is 0.207 e. The summed E-state index contributed by atoms with van der Waals surface area (Å²) in [6, 6.07) is 6.56. The molecule has 3 atom stereocenters. The van der Waals surface area contributed by atoms with Gasteiger partial charge in [0.15, 0.2) is 6.23 Å². The number of benzene rings is 1. The second-order valence-electron chi connectivity index (χ2n) is 7.01. The number of rotatable bonds is 8. The number of aliphatic hydroxyl groups excluding tert-OH is 1. The molecule has 0 saturated heterocycles. The first-order valence-corrected chi connectivity index (χ1v) is 9.61. The van der Waals surface area contributed by atoms with E-state index in [0.717, 1.165) is 35.2 Å². The Hall–Kier alpha value is -1.70. The predicted octanol–water partition coefficient (Wildman–Crippen LogP) is 2.81. The third-order valence-electron chi connectivity index (χ3n) is 4.87. The zero-order chi connectivity index (χ0) is 17.4. The Labute approximate surface area is 151 Å². The van der Waals surface area contributed by atoms with Crippen LogP contribution < -0.4 is 15.4 Å². The quantitative estimate of drug-likeness (QED) is 0.628. The lowest BCUT2D eigenvalue weighted by Gasteiger charge is -2.15. The van der Waals surface area contributed by atoms with Crippen LogP contribution in [0.2, 0.25) is 0 Å². The molecule has 1 heterocycles. The van der Waals surface area contributed by atoms with Crippen molar-refractivity contribution >= 4 is 16.5 Å². The third kappa shape index (κ3) is 4.11. The molecular weight excluding hydrogens is 336 g/mol. The average Bonchev–Trinajstić information content (AvgIpc) is 3.52. The van der Waals surface area contributed by atoms with Crippen molar-refractivity contribution in [2.75, 3.05) is 19.0 Å². The molecule has 2 aromatic rings. The van der Waals surface area contributed by atoms with Gasteiger partial charge in [0.25, 0.3) is 0 Å². The van der Waals surface area contributed by atoms with Crippen molar-refractivity contribution < 1.29 is 9.84 Å². The number of aliphatic hydroxyl groups is 1. The summed E-state index contributed by atoms with van der Waals surface area (Å²) in [6.07, 6.45) is 3.06. The number of hydrogen-bond acceptors (Lipinski definition) is 7. The van der Waals surface area contributed by atoms with Crippen LogP contribution in [0.15, 0.2) is 18.2 Å². The van der Waals surface area contributed by atoms with Gasteiger partial charge in [0, 0.05) is 17.5 Å². The highest BCUT2D eigenvalue weighted by Gasteiger charge is 2.39. The average molecular weight is 360 g/mol. The maximum atomic E-state index is 10.5. The van der Waals surface area contributed by atoms with Crippen molar-refractivity contribution in [1.82, 2.24) is 15.5 Å². The predicted molar refractivity (Wildman–Crippen MR) is 98.1 cm³/mol. The smallest absolute Gasteiger partial charge is 0.207 e. The van der Waals surface area contributed by atoms with Crippen LogP contribution in [-0.4, -0.2) is 35.0 Å². The van der Waals surface area contributed by atoms with E-state index >= 15 is 0 Å². The normalized spacial score (nSPS) is 23.3. The van der Waals surface area contributed by atoms with E-state index in [9.17, 15) is 5.11 Å². The van der Waals surface area contributed by atoms with Gasteiger partial charge in [-0.2, -0.15) is 0 Å². The largest absolute Gasteiger partial charge is 0.497 e. The summed E-state index contributed by atoms with van der Waals surface area (Å²) in [7, 11) is 1.66. The topological polar surface area (TPSA) is 79.3 Å². The van der Waals surface area contributed by atoms with Crippen LogP contribution in [0.3, 0.4) is 0 Å². The SMILES string of the molecule is COc1cc(C(O)Nc2nnc(C)s2)cc(C2CC2NCC2CC2)c1. The molecule has 0 radical (unpaired) electrons. The lowest BCUT2D eigenvalue weighted by molar-refractivity contribution is 0.207. The molecule has 4 rings (SSSR count). The molecule has 7 heteroatoms. The number of aromatic nitrogens is 2. The minimum atomic E-state index is -0.835. The van der Waals surface area contributed by atoms with Crippen LogP contribution in [0.4, 0.5) is 5.13 Å². The fourth-order valence-electron chi connectivity index (χ4n) is 3.12. The highest BCUT2D eigenvalue weighted by Crippen LogP contribution is 2.43. The molecule has 3 unspecified atom stereocenters. The number of anilines is 1. The number of nitrogens with one attached hydrogen (secondary N) is 2. The van der Waals surface area contributed by atoms with Gasteiger partial charge in [0.2, 0.25) is 5.13 Å². The molecular formula is C18H24N4O2S. The Morgan fingerprint density at radius 2 is 2.16 bits per heavy atom. The van der Waals surface area contributed by atoms with E-state index in [-0.39, 0.29) is 0 Å². The minimum absolute atomic E-state index is 0.503. The summed E-state index contributed by atoms with van der Waals surface area (Å²) >= 11 is 1.42. The summed E-state index contributed by atoms with van der Waals surface area (Å²) in [4.78, 5) is 0. The summed E-state index contributed by atoms with van der Waals surface area (Å²) < 4.78 is 5.44. The van der Waals surface area contributed by atoms with Crippen molar-refractivity contribution in [2.45, 2.75) is 44.4 Å². The highest BCUT2D eigenvalue weighted by atomic mass is 32.1. The molecule has 2 saturated carbocycles. The van der Waals surface area contributed by atoms with Gasteiger partial charge in [-0.25, -0.2) is 0 Å². The molecule has 2 aliphatic carbocycles. The van der Waals surface area contributed by atoms with Gasteiger partial charge in [-0.05, 0) is 56.3 Å². The summed E-state index contributed by atoms with van der Waals surface area (Å²) in [5.74, 6) is 2.17. The van der Waals surface area contributed by atoms with Crippen LogP contribution in [0, 0.1) is 12.8 Å². The summed E-state index contributed by atoms with van der Waals surface area (Å²) in [6.45, 7) is 3.03. The van der Waals surface area contributed by atoms with Gasteiger partial charge in [-0.3, -0.25) is 0 Å². The minimum Gasteiger partial charge on any atom is -0.497 e. The van der Waals surface area contributed by atoms with E-state index in [0.29, 0.717) is 17.1 Å². The molecule has 0 bridgehead atoms. The highest BCUT2D eigenvalue weighted by molar-refractivity contribution is 7.15. The van der Waals surface area contributed by atoms with E-state index in [1.807, 2.05) is 13.0 Å². The van der Waals surface area contributed by atoms with Crippen LogP contribution >= 0.6 is 11.3 Å². The Bertz CT molecular complexity index is 746. The molecule has 2 fully saturated rings. The van der Waals surface area contributed by atoms with Gasteiger partial charge < -0.3 is 20.5 Å². The zero-order valence-electron chi connectivity index (χ0n) is 14.5. The number of hydrogen-bond donors (Lipinski definition) is 3. The molecule has 134 valence electrons. The van der Waals surface area contributed by atoms with Crippen molar-refractivity contribution in [3.05, 3.63) is 34.3 Å².